The molecule has 7 nitrogen and oxygen atoms in total. The largest absolute Gasteiger partial charge is 0.496 e. The number of rotatable bonds is 7. The van der Waals surface area contributed by atoms with Crippen molar-refractivity contribution in [1.82, 2.24) is 4.57 Å². The van der Waals surface area contributed by atoms with E-state index in [1.54, 1.807) is 25.5 Å². The molecule has 0 radical (unpaired) electrons. The highest BCUT2D eigenvalue weighted by molar-refractivity contribution is 7.07. The number of esters is 1. The summed E-state index contributed by atoms with van der Waals surface area (Å²) in [5.41, 5.74) is 2.07. The lowest BCUT2D eigenvalue weighted by atomic mass is 9.95. The van der Waals surface area contributed by atoms with Crippen molar-refractivity contribution in [2.75, 3.05) is 20.3 Å². The van der Waals surface area contributed by atoms with Crippen molar-refractivity contribution in [2.24, 2.45) is 4.99 Å². The van der Waals surface area contributed by atoms with Gasteiger partial charge in [-0.1, -0.05) is 59.9 Å². The molecule has 0 saturated heterocycles. The van der Waals surface area contributed by atoms with Gasteiger partial charge in [-0.3, -0.25) is 9.36 Å². The summed E-state index contributed by atoms with van der Waals surface area (Å²) in [4.78, 5) is 32.4. The molecule has 1 atom stereocenters. The predicted octanol–water partition coefficient (Wildman–Crippen LogP) is 4.36. The maximum Gasteiger partial charge on any atom is 0.338 e. The van der Waals surface area contributed by atoms with E-state index in [-0.39, 0.29) is 12.2 Å². The fourth-order valence-electron chi connectivity index (χ4n) is 4.82. The van der Waals surface area contributed by atoms with Crippen LogP contribution < -0.4 is 24.4 Å². The smallest absolute Gasteiger partial charge is 0.338 e. The highest BCUT2D eigenvalue weighted by Crippen LogP contribution is 2.36. The fraction of sp³-hybridized carbons (Fsp3) is 0.233. The Balaban J connectivity index is 1.80. The summed E-state index contributed by atoms with van der Waals surface area (Å²) in [6.07, 6.45) is 1.86. The van der Waals surface area contributed by atoms with E-state index in [9.17, 15) is 9.59 Å². The molecule has 4 aromatic rings. The number of para-hydroxylation sites is 1. The molecule has 8 heteroatoms. The van der Waals surface area contributed by atoms with Crippen LogP contribution in [0, 0.1) is 0 Å². The summed E-state index contributed by atoms with van der Waals surface area (Å²) in [6.45, 7) is 6.15. The minimum atomic E-state index is -0.748. The van der Waals surface area contributed by atoms with Gasteiger partial charge in [0.25, 0.3) is 5.56 Å². The van der Waals surface area contributed by atoms with E-state index < -0.39 is 12.0 Å². The molecule has 38 heavy (non-hydrogen) atoms. The number of methoxy groups -OCH3 is 1. The summed E-state index contributed by atoms with van der Waals surface area (Å²) in [6, 6.07) is 18.6. The Morgan fingerprint density at radius 3 is 2.55 bits per heavy atom. The van der Waals surface area contributed by atoms with Crippen molar-refractivity contribution >= 4 is 34.2 Å². The van der Waals surface area contributed by atoms with Crippen LogP contribution in [0.4, 0.5) is 0 Å². The van der Waals surface area contributed by atoms with Gasteiger partial charge in [0.05, 0.1) is 36.1 Å². The van der Waals surface area contributed by atoms with Crippen LogP contribution in [-0.2, 0) is 9.53 Å². The summed E-state index contributed by atoms with van der Waals surface area (Å²) in [5, 5.41) is 2.02. The molecular weight excluding hydrogens is 500 g/mol. The molecule has 0 aliphatic carbocycles. The van der Waals surface area contributed by atoms with Crippen molar-refractivity contribution in [3.8, 4) is 11.5 Å². The number of aromatic nitrogens is 1. The van der Waals surface area contributed by atoms with E-state index in [1.165, 1.54) is 11.3 Å². The summed E-state index contributed by atoms with van der Waals surface area (Å²) >= 11 is 1.28. The number of allylic oxidation sites excluding steroid dienone is 1. The van der Waals surface area contributed by atoms with Crippen LogP contribution in [0.25, 0.3) is 16.8 Å². The van der Waals surface area contributed by atoms with Gasteiger partial charge in [0.15, 0.2) is 4.80 Å². The van der Waals surface area contributed by atoms with E-state index in [1.807, 2.05) is 73.7 Å². The number of carbonyl (C=O) groups is 1. The highest BCUT2D eigenvalue weighted by atomic mass is 32.1. The monoisotopic (exact) mass is 528 g/mol. The summed E-state index contributed by atoms with van der Waals surface area (Å²) < 4.78 is 19.0. The second-order valence-electron chi connectivity index (χ2n) is 8.68. The minimum absolute atomic E-state index is 0.208. The van der Waals surface area contributed by atoms with Gasteiger partial charge < -0.3 is 14.2 Å². The molecular formula is C30H28N2O5S. The van der Waals surface area contributed by atoms with Crippen molar-refractivity contribution in [1.29, 1.82) is 0 Å². The average Bonchev–Trinajstić information content (AvgIpc) is 3.23. The molecule has 0 saturated carbocycles. The van der Waals surface area contributed by atoms with Crippen LogP contribution in [0.1, 0.15) is 37.9 Å². The van der Waals surface area contributed by atoms with Crippen LogP contribution in [0.15, 0.2) is 81.7 Å². The Labute approximate surface area is 223 Å². The number of carbonyl (C=O) groups excluding carboxylic acids is 1. The van der Waals surface area contributed by atoms with Crippen LogP contribution in [-0.4, -0.2) is 30.9 Å². The molecule has 0 N–H and O–H groups in total. The van der Waals surface area contributed by atoms with Gasteiger partial charge in [0.1, 0.15) is 17.5 Å². The first-order valence-corrected chi connectivity index (χ1v) is 13.3. The first-order chi connectivity index (χ1) is 18.5. The standard InChI is InChI=1S/C30H28N2O5S/c1-5-36-24-16-15-19-11-7-8-12-20(19)22(24)17-25-28(33)32-27(21-13-9-10-14-23(21)35-4)26(29(34)37-6-2)18(3)31-30(32)38-25/h7-17,27H,5-6H2,1-4H3/b25-17-/t27-/m1/s1. The highest BCUT2D eigenvalue weighted by Gasteiger charge is 2.35. The molecule has 1 aliphatic heterocycles. The lowest BCUT2D eigenvalue weighted by Crippen LogP contribution is -2.40. The van der Waals surface area contributed by atoms with Crippen molar-refractivity contribution in [3.63, 3.8) is 0 Å². The Bertz CT molecular complexity index is 1750. The topological polar surface area (TPSA) is 79.1 Å². The second kappa shape index (κ2) is 10.7. The molecule has 3 aromatic carbocycles. The Morgan fingerprint density at radius 2 is 1.79 bits per heavy atom. The number of hydrogen-bond acceptors (Lipinski definition) is 7. The van der Waals surface area contributed by atoms with Gasteiger partial charge in [0.2, 0.25) is 0 Å². The fourth-order valence-corrected chi connectivity index (χ4v) is 5.84. The van der Waals surface area contributed by atoms with E-state index in [2.05, 4.69) is 4.99 Å². The third kappa shape index (κ3) is 4.41. The van der Waals surface area contributed by atoms with E-state index in [0.717, 1.165) is 16.3 Å². The lowest BCUT2D eigenvalue weighted by Gasteiger charge is -2.25. The SMILES string of the molecule is CCOC(=O)C1=C(C)N=c2s/c(=C\c3c(OCC)ccc4ccccc34)c(=O)n2[C@@H]1c1ccccc1OC. The van der Waals surface area contributed by atoms with Crippen LogP contribution in [0.5, 0.6) is 11.5 Å². The van der Waals surface area contributed by atoms with Gasteiger partial charge in [-0.25, -0.2) is 9.79 Å². The van der Waals surface area contributed by atoms with Crippen LogP contribution in [0.3, 0.4) is 0 Å². The second-order valence-corrected chi connectivity index (χ2v) is 9.68. The molecule has 1 aromatic heterocycles. The summed E-state index contributed by atoms with van der Waals surface area (Å²) in [7, 11) is 1.57. The molecule has 0 unspecified atom stereocenters. The maximum absolute atomic E-state index is 14.1. The number of benzene rings is 3. The number of ether oxygens (including phenoxy) is 3. The lowest BCUT2D eigenvalue weighted by molar-refractivity contribution is -0.139. The van der Waals surface area contributed by atoms with Crippen molar-refractivity contribution in [2.45, 2.75) is 26.8 Å². The molecule has 0 spiro atoms. The molecule has 1 aliphatic rings. The molecule has 0 bridgehead atoms. The molecule has 194 valence electrons. The quantitative estimate of drug-likeness (QED) is 0.333. The molecule has 0 amide bonds. The number of hydrogen-bond donors (Lipinski definition) is 0. The van der Waals surface area contributed by atoms with E-state index in [4.69, 9.17) is 14.2 Å². The zero-order valence-electron chi connectivity index (χ0n) is 21.7. The van der Waals surface area contributed by atoms with Crippen LogP contribution >= 0.6 is 11.3 Å². The minimum Gasteiger partial charge on any atom is -0.496 e. The van der Waals surface area contributed by atoms with Gasteiger partial charge in [-0.05, 0) is 49.8 Å². The van der Waals surface area contributed by atoms with Crippen molar-refractivity contribution in [3.05, 3.63) is 103 Å². The van der Waals surface area contributed by atoms with Crippen molar-refractivity contribution < 1.29 is 19.0 Å². The number of nitrogens with zero attached hydrogens (tertiary/aromatic N) is 2. The first kappa shape index (κ1) is 25.5. The summed E-state index contributed by atoms with van der Waals surface area (Å²) in [5.74, 6) is 0.754. The predicted molar refractivity (Wildman–Crippen MR) is 149 cm³/mol. The van der Waals surface area contributed by atoms with E-state index in [0.29, 0.717) is 44.3 Å². The zero-order valence-corrected chi connectivity index (χ0v) is 22.5. The van der Waals surface area contributed by atoms with Gasteiger partial charge in [-0.2, -0.15) is 0 Å². The Hall–Kier alpha value is -4.17. The Morgan fingerprint density at radius 1 is 1.03 bits per heavy atom. The van der Waals surface area contributed by atoms with E-state index >= 15 is 0 Å². The zero-order chi connectivity index (χ0) is 26.8. The molecule has 2 heterocycles. The van der Waals surface area contributed by atoms with Gasteiger partial charge in [-0.15, -0.1) is 0 Å². The van der Waals surface area contributed by atoms with Gasteiger partial charge >= 0.3 is 5.97 Å². The first-order valence-electron chi connectivity index (χ1n) is 12.5. The average molecular weight is 529 g/mol. The Kier molecular flexibility index (Phi) is 7.15. The third-order valence-electron chi connectivity index (χ3n) is 6.46. The number of fused-ring (bicyclic) bond motifs is 2. The molecule has 0 fully saturated rings. The van der Waals surface area contributed by atoms with Gasteiger partial charge in [0, 0.05) is 11.1 Å². The van der Waals surface area contributed by atoms with Crippen LogP contribution in [0.2, 0.25) is 0 Å². The third-order valence-corrected chi connectivity index (χ3v) is 7.44. The normalized spacial score (nSPS) is 15.3. The molecule has 5 rings (SSSR count). The number of thiazole rings is 1. The maximum atomic E-state index is 14.1.